The maximum Gasteiger partial charge on any atom is 0.498 e. The molecule has 0 bridgehead atoms. The van der Waals surface area contributed by atoms with Gasteiger partial charge in [0.1, 0.15) is 17.1 Å². The Kier molecular flexibility index (Phi) is 17.8. The van der Waals surface area contributed by atoms with Crippen LogP contribution in [0.15, 0.2) is 140 Å². The average molecular weight is 1110 g/mol. The molecule has 2 fully saturated rings. The molecule has 7 heterocycles. The van der Waals surface area contributed by atoms with Crippen LogP contribution in [-0.2, 0) is 18.6 Å². The number of hydrogen-bond acceptors (Lipinski definition) is 14. The van der Waals surface area contributed by atoms with Crippen molar-refractivity contribution in [1.29, 1.82) is 0 Å². The summed E-state index contributed by atoms with van der Waals surface area (Å²) >= 11 is 3.14. The van der Waals surface area contributed by atoms with Crippen LogP contribution < -0.4 is 36.8 Å². The largest absolute Gasteiger partial charge is 0.498 e. The van der Waals surface area contributed by atoms with E-state index >= 15 is 0 Å². The number of nitrogen functional groups attached to an aromatic ring is 1. The van der Waals surface area contributed by atoms with Crippen molar-refractivity contribution < 1.29 is 33.5 Å². The first-order chi connectivity index (χ1) is 36.2. The molecule has 20 heteroatoms. The maximum atomic E-state index is 11.2. The highest BCUT2D eigenvalue weighted by Crippen LogP contribution is 2.38. The monoisotopic (exact) mass is 1110 g/mol. The number of alkyl halides is 1. The number of halogens is 1. The molecule has 5 aromatic heterocycles. The molecule has 0 radical (unpaired) electrons. The van der Waals surface area contributed by atoms with E-state index in [0.29, 0.717) is 22.3 Å². The molecular weight excluding hydrogens is 1040 g/mol. The number of rotatable bonds is 10. The SMILES string of the molecule is CC1(C)OB(c2cccnc2N)OC1(C)C.CN(C)c1ccc(-c2cn3cccc(B(O)O)c3n2)cc1.CN(C)c1ccc(-c2cn3cccc(B4OC(C)(C)C(C)(C)O4)c3n2)cc1.CN(C)c1ccc(C(=O)CBr)cc1. The molecular formula is C57H71B3BrN9O7. The van der Waals surface area contributed by atoms with Gasteiger partial charge in [0, 0.05) is 123 Å². The van der Waals surface area contributed by atoms with Crippen molar-refractivity contribution in [3.8, 4) is 22.5 Å². The van der Waals surface area contributed by atoms with Crippen molar-refractivity contribution in [2.24, 2.45) is 0 Å². The van der Waals surface area contributed by atoms with Gasteiger partial charge in [-0.1, -0.05) is 58.4 Å². The highest BCUT2D eigenvalue weighted by atomic mass is 79.9. The highest BCUT2D eigenvalue weighted by molar-refractivity contribution is 9.09. The Bertz CT molecular complexity index is 3240. The topological polar surface area (TPSA) is 178 Å². The smallest absolute Gasteiger partial charge is 0.423 e. The molecule has 402 valence electrons. The summed E-state index contributed by atoms with van der Waals surface area (Å²) in [5.74, 6) is 0.575. The van der Waals surface area contributed by atoms with Crippen molar-refractivity contribution in [3.63, 3.8) is 0 Å². The summed E-state index contributed by atoms with van der Waals surface area (Å²) in [5, 5.41) is 19.2. The molecule has 8 aromatic rings. The minimum Gasteiger partial charge on any atom is -0.423 e. The van der Waals surface area contributed by atoms with Gasteiger partial charge in [0.2, 0.25) is 0 Å². The molecule has 0 spiro atoms. The van der Waals surface area contributed by atoms with E-state index in [1.54, 1.807) is 22.7 Å². The number of imidazole rings is 2. The van der Waals surface area contributed by atoms with Crippen molar-refractivity contribution in [2.45, 2.75) is 77.8 Å². The Balaban J connectivity index is 0.000000155. The van der Waals surface area contributed by atoms with E-state index < -0.39 is 21.4 Å². The summed E-state index contributed by atoms with van der Waals surface area (Å²) in [6, 6.07) is 35.2. The van der Waals surface area contributed by atoms with Crippen LogP contribution in [0.3, 0.4) is 0 Å². The van der Waals surface area contributed by atoms with E-state index in [2.05, 4.69) is 89.0 Å². The van der Waals surface area contributed by atoms with Gasteiger partial charge in [-0.15, -0.1) is 0 Å². The Hall–Kier alpha value is -6.51. The van der Waals surface area contributed by atoms with Crippen LogP contribution in [0.5, 0.6) is 0 Å². The number of aromatic nitrogens is 5. The van der Waals surface area contributed by atoms with Crippen LogP contribution >= 0.6 is 15.9 Å². The number of ketones is 1. The molecule has 4 N–H and O–H groups in total. The van der Waals surface area contributed by atoms with Crippen LogP contribution in [0.4, 0.5) is 22.9 Å². The standard InChI is InChI=1S/C21H26BN3O2.C15H16BN3O2.C11H17BN2O2.C10H12BrNO/c1-20(2)21(3,4)27-22(26-20)17-8-7-13-25-14-18(23-19(17)25)15-9-11-16(12-10-15)24(5)6;1-18(2)12-7-5-11(6-8-12)14-10-19-9-3-4-13(16(20)21)15(19)17-14;1-10(2)11(3,4)16-12(15-10)8-6-5-7-14-9(8)13;1-12(2)9-5-3-8(4-6-9)10(13)7-11/h7-14H,1-6H3;3-10,20-21H,1-2H3;5-7H,1-4H3,(H2,13,14);3-6H,7H2,1-2H3. The quantitative estimate of drug-likeness (QED) is 0.0701. The molecule has 0 saturated carbocycles. The highest BCUT2D eigenvalue weighted by Gasteiger charge is 2.53. The number of carbonyl (C=O) groups excluding carboxylic acids is 1. The summed E-state index contributed by atoms with van der Waals surface area (Å²) in [6.45, 7) is 16.3. The minimum atomic E-state index is -1.53. The van der Waals surface area contributed by atoms with Gasteiger partial charge in [-0.2, -0.15) is 0 Å². The fraction of sp³-hybridized carbons (Fsp3) is 0.333. The van der Waals surface area contributed by atoms with Crippen molar-refractivity contribution in [3.05, 3.63) is 146 Å². The maximum absolute atomic E-state index is 11.2. The van der Waals surface area contributed by atoms with E-state index in [4.69, 9.17) is 29.3 Å². The van der Waals surface area contributed by atoms with Crippen LogP contribution in [-0.4, -0.2) is 131 Å². The molecule has 2 aliphatic rings. The van der Waals surface area contributed by atoms with Crippen molar-refractivity contribution in [1.82, 2.24) is 23.8 Å². The lowest BCUT2D eigenvalue weighted by Crippen LogP contribution is -2.41. The number of Topliss-reactive ketones (excluding diaryl/α,β-unsaturated/α-hetero) is 1. The Morgan fingerprint density at radius 2 is 0.974 bits per heavy atom. The third kappa shape index (κ3) is 13.3. The molecule has 0 aliphatic carbocycles. The third-order valence-electron chi connectivity index (χ3n) is 14.4. The Morgan fingerprint density at radius 3 is 1.39 bits per heavy atom. The minimum absolute atomic E-state index is 0.116. The lowest BCUT2D eigenvalue weighted by atomic mass is 9.79. The first-order valence-corrected chi connectivity index (χ1v) is 26.5. The summed E-state index contributed by atoms with van der Waals surface area (Å²) in [4.78, 5) is 30.8. The van der Waals surface area contributed by atoms with Crippen LogP contribution in [0.2, 0.25) is 0 Å². The van der Waals surface area contributed by atoms with Gasteiger partial charge >= 0.3 is 21.4 Å². The molecule has 77 heavy (non-hydrogen) atoms. The van der Waals surface area contributed by atoms with Gasteiger partial charge < -0.3 is 57.9 Å². The van der Waals surface area contributed by atoms with Gasteiger partial charge in [-0.3, -0.25) is 4.79 Å². The molecule has 0 atom stereocenters. The van der Waals surface area contributed by atoms with E-state index in [1.807, 2.05) is 176 Å². The lowest BCUT2D eigenvalue weighted by molar-refractivity contribution is 0.00578. The number of anilines is 4. The van der Waals surface area contributed by atoms with Gasteiger partial charge in [0.25, 0.3) is 0 Å². The number of nitrogens with two attached hydrogens (primary N) is 1. The summed E-state index contributed by atoms with van der Waals surface area (Å²) < 4.78 is 28.1. The first kappa shape index (κ1) is 58.2. The number of benzene rings is 3. The predicted octanol–water partition coefficient (Wildman–Crippen LogP) is 7.41. The first-order valence-electron chi connectivity index (χ1n) is 25.4. The van der Waals surface area contributed by atoms with Crippen LogP contribution in [0, 0.1) is 0 Å². The summed E-state index contributed by atoms with van der Waals surface area (Å²) in [7, 11) is 9.63. The molecule has 10 rings (SSSR count). The second-order valence-electron chi connectivity index (χ2n) is 21.5. The lowest BCUT2D eigenvalue weighted by Gasteiger charge is -2.32. The number of carbonyl (C=O) groups is 1. The Morgan fingerprint density at radius 1 is 0.584 bits per heavy atom. The van der Waals surface area contributed by atoms with Crippen molar-refractivity contribution >= 4 is 93.6 Å². The van der Waals surface area contributed by atoms with E-state index in [9.17, 15) is 14.8 Å². The van der Waals surface area contributed by atoms with Crippen LogP contribution in [0.25, 0.3) is 33.8 Å². The Labute approximate surface area is 462 Å². The van der Waals surface area contributed by atoms with E-state index in [0.717, 1.165) is 56.0 Å². The fourth-order valence-corrected chi connectivity index (χ4v) is 8.51. The summed E-state index contributed by atoms with van der Waals surface area (Å²) in [6.07, 6.45) is 9.44. The molecule has 0 amide bonds. The average Bonchev–Trinajstić information content (AvgIpc) is 4.17. The van der Waals surface area contributed by atoms with Gasteiger partial charge in [-0.05, 0) is 122 Å². The molecule has 2 aliphatic heterocycles. The number of hydrogen-bond donors (Lipinski definition) is 3. The molecule has 3 aromatic carbocycles. The molecule has 2 saturated heterocycles. The summed E-state index contributed by atoms with van der Waals surface area (Å²) in [5.41, 5.74) is 15.9. The van der Waals surface area contributed by atoms with Crippen LogP contribution in [0.1, 0.15) is 65.7 Å². The van der Waals surface area contributed by atoms with Gasteiger partial charge in [0.15, 0.2) is 5.78 Å². The van der Waals surface area contributed by atoms with Gasteiger partial charge in [-0.25, -0.2) is 15.0 Å². The number of fused-ring (bicyclic) bond motifs is 2. The second kappa shape index (κ2) is 23.6. The third-order valence-corrected chi connectivity index (χ3v) is 14.9. The van der Waals surface area contributed by atoms with Gasteiger partial charge in [0.05, 0.1) is 39.1 Å². The second-order valence-corrected chi connectivity index (χ2v) is 22.1. The zero-order valence-electron chi connectivity index (χ0n) is 46.7. The normalized spacial score (nSPS) is 15.6. The van der Waals surface area contributed by atoms with E-state index in [-0.39, 0.29) is 28.2 Å². The number of pyridine rings is 3. The van der Waals surface area contributed by atoms with Crippen molar-refractivity contribution in [2.75, 3.05) is 68.0 Å². The number of nitrogens with zero attached hydrogens (tertiary/aromatic N) is 8. The van der Waals surface area contributed by atoms with E-state index in [1.165, 1.54) is 5.69 Å². The molecule has 0 unspecified atom stereocenters. The fourth-order valence-electron chi connectivity index (χ4n) is 8.19. The zero-order valence-corrected chi connectivity index (χ0v) is 48.3. The molecule has 16 nitrogen and oxygen atoms in total. The predicted molar refractivity (Wildman–Crippen MR) is 319 cm³/mol. The zero-order chi connectivity index (χ0) is 56.2.